The second kappa shape index (κ2) is 3.82. The maximum Gasteiger partial charge on any atom is 0.169 e. The van der Waals surface area contributed by atoms with Crippen molar-refractivity contribution in [2.75, 3.05) is 0 Å². The number of benzene rings is 1. The van der Waals surface area contributed by atoms with Crippen LogP contribution < -0.4 is 0 Å². The molecule has 76 valence electrons. The molecule has 0 aliphatic heterocycles. The molecule has 1 aromatic carbocycles. The minimum absolute atomic E-state index is 0.108. The quantitative estimate of drug-likeness (QED) is 0.511. The van der Waals surface area contributed by atoms with Crippen molar-refractivity contribution in [3.05, 3.63) is 41.0 Å². The second-order valence-electron chi connectivity index (χ2n) is 2.71. The lowest BCUT2D eigenvalue weighted by molar-refractivity contribution is 0.438. The van der Waals surface area contributed by atoms with E-state index in [-0.39, 0.29) is 6.42 Å². The van der Waals surface area contributed by atoms with Gasteiger partial charge in [0.25, 0.3) is 0 Å². The zero-order valence-corrected chi connectivity index (χ0v) is 7.50. The Morgan fingerprint density at radius 3 is 1.71 bits per heavy atom. The molecular weight excluding hydrogens is 196 g/mol. The first-order valence-corrected chi connectivity index (χ1v) is 4.01. The summed E-state index contributed by atoms with van der Waals surface area (Å²) in [6.07, 6.45) is 0.638. The van der Waals surface area contributed by atoms with Gasteiger partial charge in [-0.15, -0.1) is 0 Å². The van der Waals surface area contributed by atoms with Gasteiger partial charge in [0.05, 0.1) is 5.56 Å². The van der Waals surface area contributed by atoms with Crippen LogP contribution in [0.1, 0.15) is 18.1 Å². The summed E-state index contributed by atoms with van der Waals surface area (Å²) in [5, 5.41) is 0. The molecule has 0 aliphatic rings. The molecule has 14 heavy (non-hydrogen) atoms. The Morgan fingerprint density at radius 1 is 1.00 bits per heavy atom. The largest absolute Gasteiger partial charge is 0.203 e. The number of rotatable bonds is 2. The van der Waals surface area contributed by atoms with Crippen molar-refractivity contribution in [3.63, 3.8) is 0 Å². The topological polar surface area (TPSA) is 0 Å². The Morgan fingerprint density at radius 2 is 1.43 bits per heavy atom. The van der Waals surface area contributed by atoms with E-state index >= 15 is 0 Å². The summed E-state index contributed by atoms with van der Waals surface area (Å²) in [7, 11) is 0. The maximum atomic E-state index is 13.1. The van der Waals surface area contributed by atoms with Crippen molar-refractivity contribution in [2.24, 2.45) is 0 Å². The molecule has 0 unspecified atom stereocenters. The first-order chi connectivity index (χ1) is 6.54. The van der Waals surface area contributed by atoms with E-state index in [0.29, 0.717) is 0 Å². The summed E-state index contributed by atoms with van der Waals surface area (Å²) in [5.41, 5.74) is -1.34. The molecule has 1 rings (SSSR count). The average molecular weight is 204 g/mol. The van der Waals surface area contributed by atoms with E-state index in [9.17, 15) is 17.6 Å². The van der Waals surface area contributed by atoms with Gasteiger partial charge in [-0.1, -0.05) is 19.6 Å². The molecule has 0 saturated carbocycles. The van der Waals surface area contributed by atoms with E-state index < -0.39 is 34.4 Å². The molecule has 1 aromatic rings. The minimum Gasteiger partial charge on any atom is -0.203 e. The second-order valence-corrected chi connectivity index (χ2v) is 2.71. The van der Waals surface area contributed by atoms with Crippen molar-refractivity contribution in [2.45, 2.75) is 13.3 Å². The standard InChI is InChI=1S/C10H8F4/c1-3-5-7(11)9(13)6(4-2)10(14)8(5)12/h3H,1,4H2,2H3. The van der Waals surface area contributed by atoms with Crippen LogP contribution in [0.15, 0.2) is 6.58 Å². The fraction of sp³-hybridized carbons (Fsp3) is 0.200. The van der Waals surface area contributed by atoms with Crippen LogP contribution in [-0.2, 0) is 6.42 Å². The van der Waals surface area contributed by atoms with Gasteiger partial charge in [-0.25, -0.2) is 17.6 Å². The highest BCUT2D eigenvalue weighted by atomic mass is 19.2. The van der Waals surface area contributed by atoms with Crippen LogP contribution >= 0.6 is 0 Å². The van der Waals surface area contributed by atoms with Crippen molar-refractivity contribution in [3.8, 4) is 0 Å². The molecule has 0 atom stereocenters. The molecular formula is C10H8F4. The fourth-order valence-corrected chi connectivity index (χ4v) is 1.18. The average Bonchev–Trinajstić information content (AvgIpc) is 2.17. The lowest BCUT2D eigenvalue weighted by atomic mass is 10.1. The van der Waals surface area contributed by atoms with Crippen LogP contribution in [0.25, 0.3) is 6.08 Å². The molecule has 0 bridgehead atoms. The Bertz CT molecular complexity index is 353. The Kier molecular flexibility index (Phi) is 2.93. The fourth-order valence-electron chi connectivity index (χ4n) is 1.18. The summed E-state index contributed by atoms with van der Waals surface area (Å²) >= 11 is 0. The van der Waals surface area contributed by atoms with Gasteiger partial charge in [0.2, 0.25) is 0 Å². The van der Waals surface area contributed by atoms with E-state index in [1.54, 1.807) is 0 Å². The van der Waals surface area contributed by atoms with Gasteiger partial charge < -0.3 is 0 Å². The Balaban J connectivity index is 3.63. The van der Waals surface area contributed by atoms with Gasteiger partial charge in [-0.3, -0.25) is 0 Å². The predicted molar refractivity (Wildman–Crippen MR) is 45.7 cm³/mol. The van der Waals surface area contributed by atoms with Crippen LogP contribution in [0.3, 0.4) is 0 Å². The highest BCUT2D eigenvalue weighted by Crippen LogP contribution is 2.24. The molecule has 0 amide bonds. The van der Waals surface area contributed by atoms with Crippen molar-refractivity contribution < 1.29 is 17.6 Å². The van der Waals surface area contributed by atoms with E-state index in [1.807, 2.05) is 0 Å². The third kappa shape index (κ3) is 1.41. The van der Waals surface area contributed by atoms with Gasteiger partial charge >= 0.3 is 0 Å². The van der Waals surface area contributed by atoms with Crippen LogP contribution in [-0.4, -0.2) is 0 Å². The normalized spacial score (nSPS) is 10.4. The van der Waals surface area contributed by atoms with E-state index in [0.717, 1.165) is 6.08 Å². The van der Waals surface area contributed by atoms with Crippen LogP contribution in [0, 0.1) is 23.3 Å². The summed E-state index contributed by atoms with van der Waals surface area (Å²) in [5.74, 6) is -5.48. The number of hydrogen-bond donors (Lipinski definition) is 0. The van der Waals surface area contributed by atoms with Crippen molar-refractivity contribution in [1.29, 1.82) is 0 Å². The van der Waals surface area contributed by atoms with Crippen LogP contribution in [0.4, 0.5) is 17.6 Å². The lowest BCUT2D eigenvalue weighted by Crippen LogP contribution is -2.05. The van der Waals surface area contributed by atoms with Crippen LogP contribution in [0.5, 0.6) is 0 Å². The van der Waals surface area contributed by atoms with E-state index in [4.69, 9.17) is 0 Å². The molecule has 0 spiro atoms. The van der Waals surface area contributed by atoms with Crippen LogP contribution in [0.2, 0.25) is 0 Å². The molecule has 0 saturated heterocycles. The lowest BCUT2D eigenvalue weighted by Gasteiger charge is -2.07. The zero-order chi connectivity index (χ0) is 10.9. The van der Waals surface area contributed by atoms with Gasteiger partial charge in [-0.2, -0.15) is 0 Å². The van der Waals surface area contributed by atoms with Gasteiger partial charge in [0.1, 0.15) is 0 Å². The highest BCUT2D eigenvalue weighted by molar-refractivity contribution is 5.50. The number of halogens is 4. The Hall–Kier alpha value is -1.32. The predicted octanol–water partition coefficient (Wildman–Crippen LogP) is 3.45. The first kappa shape index (κ1) is 10.8. The van der Waals surface area contributed by atoms with Crippen molar-refractivity contribution >= 4 is 6.08 Å². The Labute approximate surface area is 78.9 Å². The summed E-state index contributed by atoms with van der Waals surface area (Å²) in [6.45, 7) is 4.49. The highest BCUT2D eigenvalue weighted by Gasteiger charge is 2.22. The first-order valence-electron chi connectivity index (χ1n) is 4.01. The molecule has 4 heteroatoms. The molecule has 0 fully saturated rings. The number of hydrogen-bond acceptors (Lipinski definition) is 0. The van der Waals surface area contributed by atoms with Gasteiger partial charge in [-0.05, 0) is 6.42 Å². The summed E-state index contributed by atoms with van der Waals surface area (Å²) < 4.78 is 52.2. The van der Waals surface area contributed by atoms with E-state index in [2.05, 4.69) is 6.58 Å². The van der Waals surface area contributed by atoms with Gasteiger partial charge in [0.15, 0.2) is 23.3 Å². The smallest absolute Gasteiger partial charge is 0.169 e. The molecule has 0 radical (unpaired) electrons. The molecule has 0 aliphatic carbocycles. The third-order valence-electron chi connectivity index (χ3n) is 1.95. The zero-order valence-electron chi connectivity index (χ0n) is 7.50. The summed E-state index contributed by atoms with van der Waals surface area (Å²) in [6, 6.07) is 0. The molecule has 0 heterocycles. The SMILES string of the molecule is C=Cc1c(F)c(F)c(CC)c(F)c1F. The minimum atomic E-state index is -1.39. The molecule has 0 N–H and O–H groups in total. The maximum absolute atomic E-state index is 13.1. The van der Waals surface area contributed by atoms with Crippen molar-refractivity contribution in [1.82, 2.24) is 0 Å². The third-order valence-corrected chi connectivity index (χ3v) is 1.95. The summed E-state index contributed by atoms with van der Waals surface area (Å²) in [4.78, 5) is 0. The van der Waals surface area contributed by atoms with Gasteiger partial charge in [0, 0.05) is 5.56 Å². The monoisotopic (exact) mass is 204 g/mol. The van der Waals surface area contributed by atoms with E-state index in [1.165, 1.54) is 6.92 Å². The molecule has 0 aromatic heterocycles. The molecule has 0 nitrogen and oxygen atoms in total.